The highest BCUT2D eigenvalue weighted by molar-refractivity contribution is 6.13. The molecule has 8 nitrogen and oxygen atoms in total. The zero-order chi connectivity index (χ0) is 29.6. The number of hydrogen-bond donors (Lipinski definition) is 2. The number of carbonyl (C=O) groups excluding carboxylic acids is 1. The molecule has 0 spiro atoms. The second-order valence-corrected chi connectivity index (χ2v) is 10.2. The molecule has 1 amide bonds. The minimum atomic E-state index is -0.298. The predicted molar refractivity (Wildman–Crippen MR) is 167 cm³/mol. The van der Waals surface area contributed by atoms with E-state index in [0.717, 1.165) is 37.4 Å². The summed E-state index contributed by atoms with van der Waals surface area (Å²) < 4.78 is 16.2. The Morgan fingerprint density at radius 3 is 2.05 bits per heavy atom. The number of nitrogens with zero attached hydrogens (tertiary/aromatic N) is 1. The number of benzene rings is 4. The largest absolute Gasteiger partial charge is 0.495 e. The molecular weight excluding hydrogens is 530 g/mol. The molecule has 0 radical (unpaired) electrons. The van der Waals surface area contributed by atoms with Gasteiger partial charge in [-0.3, -0.25) is 9.59 Å². The molecule has 1 aromatic heterocycles. The number of likely N-dealkylation sites (N-methyl/N-ethyl adjacent to an activating group) is 1. The van der Waals surface area contributed by atoms with E-state index in [2.05, 4.69) is 28.3 Å². The lowest BCUT2D eigenvalue weighted by atomic mass is 10.1. The van der Waals surface area contributed by atoms with Gasteiger partial charge >= 0.3 is 0 Å². The minimum Gasteiger partial charge on any atom is -0.495 e. The fraction of sp³-hybridized carbons (Fsp3) is 0.235. The number of nitrogens with one attached hydrogen (secondary N) is 2. The van der Waals surface area contributed by atoms with E-state index < -0.39 is 0 Å². The summed E-state index contributed by atoms with van der Waals surface area (Å²) >= 11 is 0. The maximum absolute atomic E-state index is 13.3. The predicted octanol–water partition coefficient (Wildman–Crippen LogP) is 5.68. The quantitative estimate of drug-likeness (QED) is 0.200. The number of methoxy groups -OCH3 is 3. The molecule has 5 rings (SSSR count). The van der Waals surface area contributed by atoms with Crippen molar-refractivity contribution in [2.24, 2.45) is 0 Å². The molecule has 2 N–H and O–H groups in total. The van der Waals surface area contributed by atoms with Gasteiger partial charge in [-0.2, -0.15) is 0 Å². The van der Waals surface area contributed by atoms with Gasteiger partial charge in [-0.15, -0.1) is 0 Å². The molecule has 42 heavy (non-hydrogen) atoms. The van der Waals surface area contributed by atoms with Gasteiger partial charge in [0.25, 0.3) is 5.91 Å². The number of pyridine rings is 1. The molecule has 0 bridgehead atoms. The van der Waals surface area contributed by atoms with Crippen LogP contribution in [0.3, 0.4) is 0 Å². The maximum atomic E-state index is 13.3. The lowest BCUT2D eigenvalue weighted by molar-refractivity contribution is 0.102. The minimum absolute atomic E-state index is 0.148. The molecule has 216 valence electrons. The van der Waals surface area contributed by atoms with Crippen molar-refractivity contribution in [1.29, 1.82) is 0 Å². The van der Waals surface area contributed by atoms with E-state index >= 15 is 0 Å². The first-order chi connectivity index (χ1) is 20.4. The van der Waals surface area contributed by atoms with Crippen LogP contribution >= 0.6 is 0 Å². The van der Waals surface area contributed by atoms with E-state index in [1.165, 1.54) is 11.1 Å². The summed E-state index contributed by atoms with van der Waals surface area (Å²) in [6, 6.07) is 24.4. The van der Waals surface area contributed by atoms with Crippen molar-refractivity contribution in [3.05, 3.63) is 106 Å². The number of para-hydroxylation sites is 2. The summed E-state index contributed by atoms with van der Waals surface area (Å²) in [4.78, 5) is 32.1. The van der Waals surface area contributed by atoms with Crippen molar-refractivity contribution in [3.63, 3.8) is 0 Å². The van der Waals surface area contributed by atoms with Gasteiger partial charge in [0.05, 0.1) is 37.9 Å². The van der Waals surface area contributed by atoms with Crippen LogP contribution in [0.4, 0.5) is 5.69 Å². The van der Waals surface area contributed by atoms with Crippen molar-refractivity contribution in [2.45, 2.75) is 12.8 Å². The summed E-state index contributed by atoms with van der Waals surface area (Å²) in [7, 11) is 6.95. The molecule has 0 atom stereocenters. The van der Waals surface area contributed by atoms with E-state index in [0.29, 0.717) is 38.8 Å². The monoisotopic (exact) mass is 565 g/mol. The van der Waals surface area contributed by atoms with Crippen LogP contribution in [0.5, 0.6) is 17.2 Å². The highest BCUT2D eigenvalue weighted by atomic mass is 16.5. The zero-order valence-electron chi connectivity index (χ0n) is 24.3. The molecule has 8 heteroatoms. The van der Waals surface area contributed by atoms with E-state index in [4.69, 9.17) is 14.2 Å². The fourth-order valence-electron chi connectivity index (χ4n) is 5.10. The first-order valence-electron chi connectivity index (χ1n) is 13.8. The Balaban J connectivity index is 1.22. The summed E-state index contributed by atoms with van der Waals surface area (Å²) in [5, 5.41) is 3.94. The highest BCUT2D eigenvalue weighted by Crippen LogP contribution is 2.28. The molecule has 0 fully saturated rings. The van der Waals surface area contributed by atoms with Crippen LogP contribution in [0, 0.1) is 0 Å². The number of anilines is 1. The van der Waals surface area contributed by atoms with Crippen molar-refractivity contribution < 1.29 is 19.0 Å². The van der Waals surface area contributed by atoms with Gasteiger partial charge in [0, 0.05) is 29.5 Å². The van der Waals surface area contributed by atoms with Crippen molar-refractivity contribution >= 4 is 33.4 Å². The Morgan fingerprint density at radius 2 is 1.36 bits per heavy atom. The van der Waals surface area contributed by atoms with Crippen LogP contribution in [-0.2, 0) is 12.8 Å². The molecule has 0 saturated carbocycles. The van der Waals surface area contributed by atoms with Gasteiger partial charge < -0.3 is 29.4 Å². The lowest BCUT2D eigenvalue weighted by Crippen LogP contribution is -2.23. The molecule has 4 aromatic carbocycles. The molecular formula is C34H35N3O5. The number of fused-ring (bicyclic) bond motifs is 2. The van der Waals surface area contributed by atoms with E-state index in [1.54, 1.807) is 57.7 Å². The second-order valence-electron chi connectivity index (χ2n) is 10.2. The van der Waals surface area contributed by atoms with Crippen LogP contribution in [0.15, 0.2) is 83.7 Å². The number of H-pyrrole nitrogens is 1. The number of amides is 1. The van der Waals surface area contributed by atoms with Gasteiger partial charge in [-0.25, -0.2) is 0 Å². The van der Waals surface area contributed by atoms with Gasteiger partial charge in [-0.05, 0) is 79.5 Å². The Morgan fingerprint density at radius 1 is 0.738 bits per heavy atom. The molecule has 0 aliphatic carbocycles. The second kappa shape index (κ2) is 12.8. The number of ether oxygens (including phenoxy) is 3. The molecule has 0 unspecified atom stereocenters. The Labute approximate surface area is 244 Å². The first kappa shape index (κ1) is 28.7. The molecule has 0 saturated heterocycles. The number of aromatic nitrogens is 1. The summed E-state index contributed by atoms with van der Waals surface area (Å²) in [5.41, 5.74) is 4.34. The van der Waals surface area contributed by atoms with Gasteiger partial charge in [0.2, 0.25) is 0 Å². The maximum Gasteiger partial charge on any atom is 0.257 e. The standard InChI is InChI=1S/C34H35N3O5/c1-37(20-18-23-13-16-28(40-2)30(21-23)42-4)19-17-22-11-14-24(15-12-22)35-34(39)27-9-5-7-25-31(27)36-32-26(33(25)38)8-6-10-29(32)41-3/h5-16,21H,17-20H2,1-4H3,(H,35,39)(H,36,38). The normalized spacial score (nSPS) is 11.2. The van der Waals surface area contributed by atoms with E-state index in [9.17, 15) is 9.59 Å². The number of rotatable bonds is 11. The van der Waals surface area contributed by atoms with Gasteiger partial charge in [0.1, 0.15) is 5.75 Å². The Hall–Kier alpha value is -4.82. The third kappa shape index (κ3) is 6.09. The zero-order valence-corrected chi connectivity index (χ0v) is 24.3. The van der Waals surface area contributed by atoms with E-state index in [-0.39, 0.29) is 11.3 Å². The molecule has 0 aliphatic heterocycles. The average Bonchev–Trinajstić information content (AvgIpc) is 3.02. The van der Waals surface area contributed by atoms with Gasteiger partial charge in [0.15, 0.2) is 16.9 Å². The van der Waals surface area contributed by atoms with Crippen molar-refractivity contribution in [1.82, 2.24) is 9.88 Å². The lowest BCUT2D eigenvalue weighted by Gasteiger charge is -2.17. The Bertz CT molecular complexity index is 1780. The van der Waals surface area contributed by atoms with Crippen molar-refractivity contribution in [2.75, 3.05) is 46.8 Å². The topological polar surface area (TPSA) is 92.9 Å². The summed E-state index contributed by atoms with van der Waals surface area (Å²) in [6.45, 7) is 1.82. The number of aromatic amines is 1. The third-order valence-corrected chi connectivity index (χ3v) is 7.52. The average molecular weight is 566 g/mol. The van der Waals surface area contributed by atoms with Crippen molar-refractivity contribution in [3.8, 4) is 17.2 Å². The van der Waals surface area contributed by atoms with Crippen LogP contribution in [-0.4, -0.2) is 57.3 Å². The molecule has 5 aromatic rings. The number of hydrogen-bond acceptors (Lipinski definition) is 6. The Kier molecular flexibility index (Phi) is 8.74. The highest BCUT2D eigenvalue weighted by Gasteiger charge is 2.16. The SMILES string of the molecule is COc1ccc(CCN(C)CCc2ccc(NC(=O)c3cccc4c(=O)c5cccc(OC)c5[nH]c34)cc2)cc1OC. The molecule has 0 aliphatic rings. The smallest absolute Gasteiger partial charge is 0.257 e. The van der Waals surface area contributed by atoms with Gasteiger partial charge in [-0.1, -0.05) is 30.3 Å². The van der Waals surface area contributed by atoms with Crippen LogP contribution in [0.1, 0.15) is 21.5 Å². The van der Waals surface area contributed by atoms with E-state index in [1.807, 2.05) is 36.4 Å². The molecule has 1 heterocycles. The van der Waals surface area contributed by atoms with Crippen LogP contribution < -0.4 is 25.0 Å². The number of carbonyl (C=O) groups is 1. The van der Waals surface area contributed by atoms with Crippen LogP contribution in [0.25, 0.3) is 21.8 Å². The first-order valence-corrected chi connectivity index (χ1v) is 13.8. The van der Waals surface area contributed by atoms with Crippen LogP contribution in [0.2, 0.25) is 0 Å². The summed E-state index contributed by atoms with van der Waals surface area (Å²) in [6.07, 6.45) is 1.79. The third-order valence-electron chi connectivity index (χ3n) is 7.52. The summed E-state index contributed by atoms with van der Waals surface area (Å²) in [5.74, 6) is 1.72. The fourth-order valence-corrected chi connectivity index (χ4v) is 5.10.